The molecule has 0 amide bonds. The molecule has 1 rings (SSSR count). The zero-order valence-electron chi connectivity index (χ0n) is 7.73. The molecule has 66 valence electrons. The summed E-state index contributed by atoms with van der Waals surface area (Å²) in [7, 11) is 0. The van der Waals surface area contributed by atoms with E-state index >= 15 is 0 Å². The molecule has 0 radical (unpaired) electrons. The zero-order valence-corrected chi connectivity index (χ0v) is 7.73. The van der Waals surface area contributed by atoms with Crippen LogP contribution in [0.15, 0.2) is 18.2 Å². The molecule has 0 aliphatic heterocycles. The van der Waals surface area contributed by atoms with Gasteiger partial charge in [-0.1, -0.05) is 29.3 Å². The average molecular weight is 166 g/mol. The van der Waals surface area contributed by atoms with Gasteiger partial charge in [0, 0.05) is 0 Å². The highest BCUT2D eigenvalue weighted by Gasteiger charge is 1.95. The first kappa shape index (κ1) is 9.24. The fourth-order valence-electron chi connectivity index (χ4n) is 1.48. The molecule has 0 aliphatic rings. The monoisotopic (exact) mass is 166 g/mol. The minimum absolute atomic E-state index is 0.215. The normalized spacial score (nSPS) is 10.2. The second-order valence-corrected chi connectivity index (χ2v) is 3.29. The Bertz CT molecular complexity index is 233. The summed E-state index contributed by atoms with van der Waals surface area (Å²) in [5.41, 5.74) is 3.79. The van der Waals surface area contributed by atoms with Crippen molar-refractivity contribution in [3.8, 4) is 0 Å². The highest BCUT2D eigenvalue weighted by atomic mass is 19.1. The van der Waals surface area contributed by atoms with Gasteiger partial charge in [0.15, 0.2) is 0 Å². The zero-order chi connectivity index (χ0) is 8.97. The van der Waals surface area contributed by atoms with E-state index in [0.717, 1.165) is 6.42 Å². The summed E-state index contributed by atoms with van der Waals surface area (Å²) in [6.45, 7) is 3.94. The third-order valence-electron chi connectivity index (χ3n) is 1.88. The summed E-state index contributed by atoms with van der Waals surface area (Å²) in [6.07, 6.45) is 1.50. The molecule has 0 aliphatic carbocycles. The summed E-state index contributed by atoms with van der Waals surface area (Å²) in [6, 6.07) is 6.39. The van der Waals surface area contributed by atoms with Crippen LogP contribution in [-0.2, 0) is 6.42 Å². The number of hydrogen-bond acceptors (Lipinski definition) is 0. The van der Waals surface area contributed by atoms with Crippen molar-refractivity contribution in [1.82, 2.24) is 0 Å². The minimum Gasteiger partial charge on any atom is -0.251 e. The maximum Gasteiger partial charge on any atom is 0.0897 e. The lowest BCUT2D eigenvalue weighted by atomic mass is 10.0. The number of benzene rings is 1. The van der Waals surface area contributed by atoms with E-state index in [4.69, 9.17) is 0 Å². The van der Waals surface area contributed by atoms with Crippen molar-refractivity contribution >= 4 is 0 Å². The van der Waals surface area contributed by atoms with E-state index in [1.165, 1.54) is 16.7 Å². The first-order valence-corrected chi connectivity index (χ1v) is 4.35. The smallest absolute Gasteiger partial charge is 0.0897 e. The first-order chi connectivity index (χ1) is 5.72. The van der Waals surface area contributed by atoms with Crippen molar-refractivity contribution in [2.24, 2.45) is 0 Å². The third-order valence-corrected chi connectivity index (χ3v) is 1.88. The molecular formula is C11H15F. The number of rotatable bonds is 3. The van der Waals surface area contributed by atoms with E-state index in [1.807, 2.05) is 0 Å². The molecule has 1 aromatic rings. The molecule has 0 nitrogen and oxygen atoms in total. The van der Waals surface area contributed by atoms with Crippen LogP contribution in [0.25, 0.3) is 0 Å². The van der Waals surface area contributed by atoms with Crippen molar-refractivity contribution in [3.63, 3.8) is 0 Å². The fraction of sp³-hybridized carbons (Fsp3) is 0.455. The molecule has 0 bridgehead atoms. The molecule has 0 N–H and O–H groups in total. The summed E-state index contributed by atoms with van der Waals surface area (Å²) < 4.78 is 11.9. The van der Waals surface area contributed by atoms with Gasteiger partial charge in [0.1, 0.15) is 0 Å². The molecule has 0 fully saturated rings. The Hall–Kier alpha value is -0.850. The Kier molecular flexibility index (Phi) is 3.27. The Labute approximate surface area is 73.4 Å². The Morgan fingerprint density at radius 1 is 1.08 bits per heavy atom. The molecule has 0 atom stereocenters. The lowest BCUT2D eigenvalue weighted by molar-refractivity contribution is 0.473. The van der Waals surface area contributed by atoms with Crippen LogP contribution in [0.1, 0.15) is 23.1 Å². The molecule has 12 heavy (non-hydrogen) atoms. The van der Waals surface area contributed by atoms with Gasteiger partial charge in [-0.25, -0.2) is 0 Å². The van der Waals surface area contributed by atoms with Gasteiger partial charge in [0.05, 0.1) is 6.67 Å². The quantitative estimate of drug-likeness (QED) is 0.646. The first-order valence-electron chi connectivity index (χ1n) is 4.35. The summed E-state index contributed by atoms with van der Waals surface area (Å²) >= 11 is 0. The fourth-order valence-corrected chi connectivity index (χ4v) is 1.48. The molecular weight excluding hydrogens is 151 g/mol. The van der Waals surface area contributed by atoms with Crippen LogP contribution in [0.5, 0.6) is 0 Å². The van der Waals surface area contributed by atoms with Crippen molar-refractivity contribution in [2.45, 2.75) is 26.7 Å². The van der Waals surface area contributed by atoms with Crippen molar-refractivity contribution in [2.75, 3.05) is 6.67 Å². The van der Waals surface area contributed by atoms with E-state index in [-0.39, 0.29) is 6.67 Å². The van der Waals surface area contributed by atoms with E-state index < -0.39 is 0 Å². The van der Waals surface area contributed by atoms with Crippen LogP contribution >= 0.6 is 0 Å². The molecule has 0 heterocycles. The molecule has 0 saturated heterocycles. The largest absolute Gasteiger partial charge is 0.251 e. The number of aryl methyl sites for hydroxylation is 3. The topological polar surface area (TPSA) is 0 Å². The lowest BCUT2D eigenvalue weighted by Crippen LogP contribution is -1.89. The molecule has 0 saturated carbocycles. The molecule has 1 heteroatoms. The van der Waals surface area contributed by atoms with Crippen molar-refractivity contribution in [3.05, 3.63) is 34.9 Å². The lowest BCUT2D eigenvalue weighted by Gasteiger charge is -2.02. The standard InChI is InChI=1S/C11H15F/c1-9-6-10(2)8-11(7-9)4-3-5-12/h6-8H,3-5H2,1-2H3. The van der Waals surface area contributed by atoms with Crippen molar-refractivity contribution in [1.29, 1.82) is 0 Å². The Morgan fingerprint density at radius 2 is 1.67 bits per heavy atom. The summed E-state index contributed by atoms with van der Waals surface area (Å²) in [4.78, 5) is 0. The number of halogens is 1. The van der Waals surface area contributed by atoms with E-state index in [1.54, 1.807) is 0 Å². The van der Waals surface area contributed by atoms with Gasteiger partial charge < -0.3 is 0 Å². The van der Waals surface area contributed by atoms with Crippen LogP contribution in [0.3, 0.4) is 0 Å². The van der Waals surface area contributed by atoms with E-state index in [9.17, 15) is 4.39 Å². The molecule has 0 spiro atoms. The van der Waals surface area contributed by atoms with Gasteiger partial charge in [-0.15, -0.1) is 0 Å². The van der Waals surface area contributed by atoms with Crippen LogP contribution in [-0.4, -0.2) is 6.67 Å². The van der Waals surface area contributed by atoms with Crippen LogP contribution in [0.4, 0.5) is 4.39 Å². The SMILES string of the molecule is Cc1cc(C)cc(CCCF)c1. The Morgan fingerprint density at radius 3 is 2.17 bits per heavy atom. The van der Waals surface area contributed by atoms with Gasteiger partial charge in [-0.05, 0) is 32.3 Å². The predicted molar refractivity (Wildman–Crippen MR) is 50.2 cm³/mol. The predicted octanol–water partition coefficient (Wildman–Crippen LogP) is 3.21. The van der Waals surface area contributed by atoms with E-state index in [0.29, 0.717) is 6.42 Å². The molecule has 0 unspecified atom stereocenters. The van der Waals surface area contributed by atoms with Gasteiger partial charge >= 0.3 is 0 Å². The van der Waals surface area contributed by atoms with Gasteiger partial charge in [-0.3, -0.25) is 4.39 Å². The highest BCUT2D eigenvalue weighted by Crippen LogP contribution is 2.10. The summed E-state index contributed by atoms with van der Waals surface area (Å²) in [5.74, 6) is 0. The third kappa shape index (κ3) is 2.65. The highest BCUT2D eigenvalue weighted by molar-refractivity contribution is 5.28. The van der Waals surface area contributed by atoms with Crippen molar-refractivity contribution < 1.29 is 4.39 Å². The second-order valence-electron chi connectivity index (χ2n) is 3.29. The van der Waals surface area contributed by atoms with Gasteiger partial charge in [0.2, 0.25) is 0 Å². The molecule has 1 aromatic carbocycles. The van der Waals surface area contributed by atoms with Crippen LogP contribution in [0.2, 0.25) is 0 Å². The van der Waals surface area contributed by atoms with Gasteiger partial charge in [0.25, 0.3) is 0 Å². The Balaban J connectivity index is 2.72. The second kappa shape index (κ2) is 4.24. The maximum atomic E-state index is 11.9. The average Bonchev–Trinajstić information content (AvgIpc) is 1.99. The number of hydrogen-bond donors (Lipinski definition) is 0. The van der Waals surface area contributed by atoms with Crippen LogP contribution < -0.4 is 0 Å². The minimum atomic E-state index is -0.215. The molecule has 0 aromatic heterocycles. The van der Waals surface area contributed by atoms with E-state index in [2.05, 4.69) is 32.0 Å². The van der Waals surface area contributed by atoms with Crippen LogP contribution in [0, 0.1) is 13.8 Å². The number of alkyl halides is 1. The van der Waals surface area contributed by atoms with Gasteiger partial charge in [-0.2, -0.15) is 0 Å². The summed E-state index contributed by atoms with van der Waals surface area (Å²) in [5, 5.41) is 0. The maximum absolute atomic E-state index is 11.9.